The number of thiocarbonyl (C=S) groups is 1. The van der Waals surface area contributed by atoms with Crippen LogP contribution < -0.4 is 10.2 Å². The predicted octanol–water partition coefficient (Wildman–Crippen LogP) is 2.07. The topological polar surface area (TPSA) is 35.2 Å². The van der Waals surface area contributed by atoms with Crippen LogP contribution in [0.2, 0.25) is 0 Å². The number of nitrogens with zero attached hydrogens (tertiary/aromatic N) is 1. The SMILES string of the molecule is CNC(=S)N(C)c1cccc(C=CC[O])c1. The van der Waals surface area contributed by atoms with Crippen molar-refractivity contribution in [2.45, 2.75) is 0 Å². The Kier molecular flexibility index (Phi) is 4.95. The van der Waals surface area contributed by atoms with Crippen molar-refractivity contribution in [3.63, 3.8) is 0 Å². The van der Waals surface area contributed by atoms with Gasteiger partial charge in [-0.1, -0.05) is 24.3 Å². The van der Waals surface area contributed by atoms with Crippen molar-refractivity contribution >= 4 is 29.1 Å². The highest BCUT2D eigenvalue weighted by molar-refractivity contribution is 7.80. The number of benzene rings is 1. The molecule has 0 amide bonds. The first-order valence-electron chi connectivity index (χ1n) is 4.99. The molecule has 1 aromatic rings. The fourth-order valence-electron chi connectivity index (χ4n) is 1.31. The van der Waals surface area contributed by atoms with Gasteiger partial charge < -0.3 is 10.2 Å². The lowest BCUT2D eigenvalue weighted by atomic mass is 10.2. The summed E-state index contributed by atoms with van der Waals surface area (Å²) in [6.45, 7) is -0.199. The molecule has 1 aromatic carbocycles. The number of anilines is 1. The van der Waals surface area contributed by atoms with Gasteiger partial charge >= 0.3 is 0 Å². The van der Waals surface area contributed by atoms with Crippen LogP contribution in [0.25, 0.3) is 6.08 Å². The van der Waals surface area contributed by atoms with Gasteiger partial charge in [0.05, 0.1) is 0 Å². The zero-order valence-corrected chi connectivity index (χ0v) is 10.3. The molecular formula is C12H15N2OS. The monoisotopic (exact) mass is 235 g/mol. The second kappa shape index (κ2) is 6.25. The molecule has 1 N–H and O–H groups in total. The lowest BCUT2D eigenvalue weighted by Crippen LogP contribution is -2.34. The van der Waals surface area contributed by atoms with Crippen molar-refractivity contribution in [3.05, 3.63) is 35.9 Å². The Bertz CT molecular complexity index is 390. The van der Waals surface area contributed by atoms with Gasteiger partial charge in [-0.05, 0) is 29.9 Å². The zero-order chi connectivity index (χ0) is 12.0. The quantitative estimate of drug-likeness (QED) is 0.815. The molecule has 0 aromatic heterocycles. The minimum atomic E-state index is -0.199. The van der Waals surface area contributed by atoms with E-state index >= 15 is 0 Å². The molecule has 3 nitrogen and oxygen atoms in total. The third-order valence-corrected chi connectivity index (χ3v) is 2.66. The van der Waals surface area contributed by atoms with Gasteiger partial charge in [-0.15, -0.1) is 0 Å². The van der Waals surface area contributed by atoms with Gasteiger partial charge in [0.2, 0.25) is 0 Å². The first-order chi connectivity index (χ1) is 7.69. The van der Waals surface area contributed by atoms with E-state index in [1.165, 1.54) is 0 Å². The first-order valence-corrected chi connectivity index (χ1v) is 5.40. The summed E-state index contributed by atoms with van der Waals surface area (Å²) in [6.07, 6.45) is 3.41. The molecule has 0 bridgehead atoms. The minimum Gasteiger partial charge on any atom is -0.365 e. The van der Waals surface area contributed by atoms with Crippen LogP contribution in [0.4, 0.5) is 5.69 Å². The van der Waals surface area contributed by atoms with Gasteiger partial charge in [0.1, 0.15) is 6.61 Å². The summed E-state index contributed by atoms with van der Waals surface area (Å²) in [6, 6.07) is 7.84. The highest BCUT2D eigenvalue weighted by Crippen LogP contribution is 2.15. The van der Waals surface area contributed by atoms with Gasteiger partial charge in [0.15, 0.2) is 5.11 Å². The highest BCUT2D eigenvalue weighted by Gasteiger charge is 2.04. The van der Waals surface area contributed by atoms with Crippen molar-refractivity contribution in [2.75, 3.05) is 25.6 Å². The van der Waals surface area contributed by atoms with Crippen molar-refractivity contribution in [3.8, 4) is 0 Å². The van der Waals surface area contributed by atoms with E-state index in [0.717, 1.165) is 11.3 Å². The minimum absolute atomic E-state index is 0.199. The molecule has 0 atom stereocenters. The Labute approximate surface area is 101 Å². The van der Waals surface area contributed by atoms with E-state index in [2.05, 4.69) is 5.32 Å². The molecule has 0 heterocycles. The Morgan fingerprint density at radius 1 is 1.56 bits per heavy atom. The maximum Gasteiger partial charge on any atom is 0.172 e. The Hall–Kier alpha value is -1.39. The Morgan fingerprint density at radius 2 is 2.31 bits per heavy atom. The summed E-state index contributed by atoms with van der Waals surface area (Å²) < 4.78 is 0. The predicted molar refractivity (Wildman–Crippen MR) is 71.1 cm³/mol. The van der Waals surface area contributed by atoms with E-state index in [1.807, 2.05) is 42.3 Å². The fraction of sp³-hybridized carbons (Fsp3) is 0.250. The molecule has 4 heteroatoms. The van der Waals surface area contributed by atoms with E-state index < -0.39 is 0 Å². The molecule has 0 aliphatic rings. The fourth-order valence-corrected chi connectivity index (χ4v) is 1.41. The van der Waals surface area contributed by atoms with Crippen LogP contribution in [0.5, 0.6) is 0 Å². The van der Waals surface area contributed by atoms with Crippen LogP contribution in [0.1, 0.15) is 5.56 Å². The summed E-state index contributed by atoms with van der Waals surface area (Å²) in [7, 11) is 3.69. The molecule has 0 saturated heterocycles. The summed E-state index contributed by atoms with van der Waals surface area (Å²) in [5.41, 5.74) is 1.99. The highest BCUT2D eigenvalue weighted by atomic mass is 32.1. The van der Waals surface area contributed by atoms with Gasteiger partial charge in [-0.2, -0.15) is 0 Å². The van der Waals surface area contributed by atoms with Crippen molar-refractivity contribution < 1.29 is 5.11 Å². The second-order valence-corrected chi connectivity index (χ2v) is 3.66. The first kappa shape index (κ1) is 12.7. The van der Waals surface area contributed by atoms with Crippen molar-refractivity contribution in [1.82, 2.24) is 5.32 Å². The third-order valence-electron chi connectivity index (χ3n) is 2.18. The van der Waals surface area contributed by atoms with Crippen LogP contribution >= 0.6 is 12.2 Å². The average Bonchev–Trinajstić information content (AvgIpc) is 2.34. The number of nitrogens with one attached hydrogen (secondary N) is 1. The van der Waals surface area contributed by atoms with Crippen molar-refractivity contribution in [2.24, 2.45) is 0 Å². The van der Waals surface area contributed by atoms with E-state index in [9.17, 15) is 5.11 Å². The van der Waals surface area contributed by atoms with Gasteiger partial charge in [-0.3, -0.25) is 0 Å². The van der Waals surface area contributed by atoms with Crippen LogP contribution in [-0.4, -0.2) is 25.8 Å². The van der Waals surface area contributed by atoms with Crippen LogP contribution in [-0.2, 0) is 5.11 Å². The number of hydrogen-bond acceptors (Lipinski definition) is 1. The van der Waals surface area contributed by atoms with Crippen LogP contribution in [0.15, 0.2) is 30.3 Å². The third kappa shape index (κ3) is 3.32. The smallest absolute Gasteiger partial charge is 0.172 e. The van der Waals surface area contributed by atoms with E-state index in [1.54, 1.807) is 13.1 Å². The van der Waals surface area contributed by atoms with Crippen LogP contribution in [0, 0.1) is 0 Å². The second-order valence-electron chi connectivity index (χ2n) is 3.28. The molecule has 16 heavy (non-hydrogen) atoms. The normalized spacial score (nSPS) is 10.4. The number of rotatable bonds is 3. The molecule has 0 unspecified atom stereocenters. The maximum absolute atomic E-state index is 10.3. The molecule has 0 aliphatic carbocycles. The molecule has 0 spiro atoms. The van der Waals surface area contributed by atoms with E-state index in [4.69, 9.17) is 12.2 Å². The molecule has 1 radical (unpaired) electrons. The Balaban J connectivity index is 2.89. The lowest BCUT2D eigenvalue weighted by Gasteiger charge is -2.19. The molecule has 1 rings (SSSR count). The summed E-state index contributed by atoms with van der Waals surface area (Å²) >= 11 is 5.14. The molecule has 0 saturated carbocycles. The molecule has 85 valence electrons. The standard InChI is InChI=1S/C12H15N2OS/c1-13-12(16)14(2)11-7-3-5-10(9-11)6-4-8-15/h3-7,9H,8H2,1-2H3,(H,13,16). The van der Waals surface area contributed by atoms with Crippen LogP contribution in [0.3, 0.4) is 0 Å². The van der Waals surface area contributed by atoms with Gasteiger partial charge in [0.25, 0.3) is 0 Å². The molecule has 0 fully saturated rings. The molecular weight excluding hydrogens is 220 g/mol. The zero-order valence-electron chi connectivity index (χ0n) is 9.43. The van der Waals surface area contributed by atoms with Gasteiger partial charge in [0, 0.05) is 19.8 Å². The summed E-state index contributed by atoms with van der Waals surface area (Å²) in [5, 5.41) is 13.9. The van der Waals surface area contributed by atoms with Crippen molar-refractivity contribution in [1.29, 1.82) is 0 Å². The largest absolute Gasteiger partial charge is 0.365 e. The average molecular weight is 235 g/mol. The molecule has 0 aliphatic heterocycles. The maximum atomic E-state index is 10.3. The summed E-state index contributed by atoms with van der Waals surface area (Å²) in [5.74, 6) is 0. The van der Waals surface area contributed by atoms with E-state index in [0.29, 0.717) is 5.11 Å². The number of hydrogen-bond donors (Lipinski definition) is 1. The lowest BCUT2D eigenvalue weighted by molar-refractivity contribution is 0.233. The summed E-state index contributed by atoms with van der Waals surface area (Å²) in [4.78, 5) is 1.88. The van der Waals surface area contributed by atoms with E-state index in [-0.39, 0.29) is 6.61 Å². The Morgan fingerprint density at radius 3 is 2.94 bits per heavy atom. The van der Waals surface area contributed by atoms with Gasteiger partial charge in [-0.25, -0.2) is 5.11 Å².